The molecule has 24 heavy (non-hydrogen) atoms. The molecule has 0 amide bonds. The first-order valence-electron chi connectivity index (χ1n) is 7.55. The minimum absolute atomic E-state index is 0. The summed E-state index contributed by atoms with van der Waals surface area (Å²) in [4.78, 5) is 5.78. The lowest BCUT2D eigenvalue weighted by Gasteiger charge is -2.10. The molecule has 8 heteroatoms. The highest BCUT2D eigenvalue weighted by Crippen LogP contribution is 2.19. The number of benzene rings is 1. The van der Waals surface area contributed by atoms with E-state index in [-0.39, 0.29) is 24.0 Å². The quantitative estimate of drug-likeness (QED) is 0.210. The monoisotopic (exact) mass is 479 g/mol. The van der Waals surface area contributed by atoms with Crippen LogP contribution in [0.3, 0.4) is 0 Å². The number of hydrogen-bond donors (Lipinski definition) is 2. The number of aromatic nitrogens is 2. The van der Waals surface area contributed by atoms with Crippen LogP contribution in [0.5, 0.6) is 0 Å². The van der Waals surface area contributed by atoms with Crippen LogP contribution in [0.4, 0.5) is 0 Å². The smallest absolute Gasteiger partial charge is 0.191 e. The second-order valence-electron chi connectivity index (χ2n) is 4.95. The van der Waals surface area contributed by atoms with Crippen molar-refractivity contribution in [2.24, 2.45) is 12.0 Å². The van der Waals surface area contributed by atoms with Crippen molar-refractivity contribution >= 4 is 53.3 Å². The molecule has 0 aliphatic rings. The topological polar surface area (TPSA) is 54.2 Å². The molecule has 0 spiro atoms. The Hall–Kier alpha value is -0.930. The highest BCUT2D eigenvalue weighted by molar-refractivity contribution is 14.0. The van der Waals surface area contributed by atoms with Gasteiger partial charge >= 0.3 is 0 Å². The van der Waals surface area contributed by atoms with Crippen LogP contribution in [-0.2, 0) is 13.6 Å². The third-order valence-corrected chi connectivity index (χ3v) is 4.26. The van der Waals surface area contributed by atoms with Crippen LogP contribution in [0.25, 0.3) is 0 Å². The van der Waals surface area contributed by atoms with Crippen LogP contribution >= 0.6 is 47.3 Å². The first kappa shape index (κ1) is 21.1. The Morgan fingerprint density at radius 3 is 2.67 bits per heavy atom. The first-order valence-corrected chi connectivity index (χ1v) is 8.92. The molecule has 2 aromatic rings. The zero-order chi connectivity index (χ0) is 16.5. The Kier molecular flexibility index (Phi) is 10.2. The zero-order valence-corrected chi connectivity index (χ0v) is 17.7. The number of nitrogens with one attached hydrogen (secondary N) is 2. The van der Waals surface area contributed by atoms with Gasteiger partial charge in [-0.05, 0) is 31.2 Å². The average molecular weight is 480 g/mol. The Morgan fingerprint density at radius 2 is 2.04 bits per heavy atom. The van der Waals surface area contributed by atoms with E-state index >= 15 is 0 Å². The molecule has 1 heterocycles. The van der Waals surface area contributed by atoms with Crippen molar-refractivity contribution < 1.29 is 0 Å². The highest BCUT2D eigenvalue weighted by Gasteiger charge is 2.00. The molecule has 0 unspecified atom stereocenters. The number of thioether (sulfide) groups is 1. The van der Waals surface area contributed by atoms with E-state index in [9.17, 15) is 0 Å². The normalized spacial score (nSPS) is 11.0. The van der Waals surface area contributed by atoms with Gasteiger partial charge < -0.3 is 10.6 Å². The van der Waals surface area contributed by atoms with Crippen molar-refractivity contribution in [2.45, 2.75) is 18.4 Å². The van der Waals surface area contributed by atoms with E-state index in [2.05, 4.69) is 27.6 Å². The van der Waals surface area contributed by atoms with Gasteiger partial charge in [-0.2, -0.15) is 5.10 Å². The van der Waals surface area contributed by atoms with E-state index in [1.54, 1.807) is 16.4 Å². The van der Waals surface area contributed by atoms with Crippen LogP contribution in [0.2, 0.25) is 5.02 Å². The minimum Gasteiger partial charge on any atom is -0.357 e. The molecular formula is C16H23ClIN5S. The van der Waals surface area contributed by atoms with Gasteiger partial charge in [0.15, 0.2) is 5.96 Å². The lowest BCUT2D eigenvalue weighted by atomic mass is 10.4. The van der Waals surface area contributed by atoms with E-state index < -0.39 is 0 Å². The van der Waals surface area contributed by atoms with Gasteiger partial charge in [0, 0.05) is 47.6 Å². The van der Waals surface area contributed by atoms with Crippen molar-refractivity contribution in [3.63, 3.8) is 0 Å². The largest absolute Gasteiger partial charge is 0.357 e. The van der Waals surface area contributed by atoms with Crippen LogP contribution < -0.4 is 10.6 Å². The molecule has 0 aliphatic heterocycles. The molecule has 0 bridgehead atoms. The predicted octanol–water partition coefficient (Wildman–Crippen LogP) is 3.54. The molecule has 0 saturated carbocycles. The summed E-state index contributed by atoms with van der Waals surface area (Å²) in [6, 6.07) is 7.90. The SMILES string of the molecule is CCNC(=NCc1cnn(C)c1)NCCSc1ccc(Cl)cc1.I. The summed E-state index contributed by atoms with van der Waals surface area (Å²) in [6.07, 6.45) is 3.81. The average Bonchev–Trinajstić information content (AvgIpc) is 2.96. The van der Waals surface area contributed by atoms with Crippen molar-refractivity contribution in [3.8, 4) is 0 Å². The molecule has 2 rings (SSSR count). The number of aryl methyl sites for hydroxylation is 1. The summed E-state index contributed by atoms with van der Waals surface area (Å²) < 4.78 is 1.79. The van der Waals surface area contributed by atoms with E-state index in [0.717, 1.165) is 35.4 Å². The number of rotatable bonds is 7. The molecular weight excluding hydrogens is 457 g/mol. The maximum absolute atomic E-state index is 5.88. The number of nitrogens with zero attached hydrogens (tertiary/aromatic N) is 3. The lowest BCUT2D eigenvalue weighted by Crippen LogP contribution is -2.38. The number of hydrogen-bond acceptors (Lipinski definition) is 3. The molecule has 0 atom stereocenters. The van der Waals surface area contributed by atoms with E-state index in [1.807, 2.05) is 43.7 Å². The maximum Gasteiger partial charge on any atom is 0.191 e. The standard InChI is InChI=1S/C16H22ClN5S.HI/c1-3-18-16(20-10-13-11-21-22(2)12-13)19-8-9-23-15-6-4-14(17)5-7-15;/h4-7,11-12H,3,8-10H2,1-2H3,(H2,18,19,20);1H. The Labute approximate surface area is 169 Å². The van der Waals surface area contributed by atoms with Gasteiger partial charge in [0.05, 0.1) is 12.7 Å². The van der Waals surface area contributed by atoms with Crippen LogP contribution in [0, 0.1) is 0 Å². The van der Waals surface area contributed by atoms with Crippen molar-refractivity contribution in [1.29, 1.82) is 0 Å². The zero-order valence-electron chi connectivity index (χ0n) is 13.8. The van der Waals surface area contributed by atoms with Crippen LogP contribution in [0.1, 0.15) is 12.5 Å². The van der Waals surface area contributed by atoms with Gasteiger partial charge in [-0.25, -0.2) is 4.99 Å². The van der Waals surface area contributed by atoms with Gasteiger partial charge in [-0.3, -0.25) is 4.68 Å². The molecule has 5 nitrogen and oxygen atoms in total. The molecule has 1 aromatic carbocycles. The summed E-state index contributed by atoms with van der Waals surface area (Å²) >= 11 is 7.67. The summed E-state index contributed by atoms with van der Waals surface area (Å²) in [5.41, 5.74) is 1.10. The number of halogens is 2. The summed E-state index contributed by atoms with van der Waals surface area (Å²) in [5, 5.41) is 11.5. The van der Waals surface area contributed by atoms with Crippen LogP contribution in [-0.4, -0.2) is 34.6 Å². The first-order chi connectivity index (χ1) is 11.2. The van der Waals surface area contributed by atoms with Gasteiger partial charge in [-0.15, -0.1) is 35.7 Å². The van der Waals surface area contributed by atoms with Crippen molar-refractivity contribution in [1.82, 2.24) is 20.4 Å². The fourth-order valence-electron chi connectivity index (χ4n) is 1.93. The summed E-state index contributed by atoms with van der Waals surface area (Å²) in [5.74, 6) is 1.78. The highest BCUT2D eigenvalue weighted by atomic mass is 127. The molecule has 132 valence electrons. The Morgan fingerprint density at radius 1 is 1.29 bits per heavy atom. The van der Waals surface area contributed by atoms with Crippen molar-refractivity contribution in [3.05, 3.63) is 47.2 Å². The fourth-order valence-corrected chi connectivity index (χ4v) is 2.83. The molecule has 0 fully saturated rings. The maximum atomic E-state index is 5.88. The molecule has 1 aromatic heterocycles. The van der Waals surface area contributed by atoms with Gasteiger partial charge in [-0.1, -0.05) is 11.6 Å². The molecule has 2 N–H and O–H groups in total. The van der Waals surface area contributed by atoms with Gasteiger partial charge in [0.1, 0.15) is 0 Å². The minimum atomic E-state index is 0. The third kappa shape index (κ3) is 7.76. The summed E-state index contributed by atoms with van der Waals surface area (Å²) in [7, 11) is 1.91. The van der Waals surface area contributed by atoms with Crippen LogP contribution in [0.15, 0.2) is 46.5 Å². The fraction of sp³-hybridized carbons (Fsp3) is 0.375. The van der Waals surface area contributed by atoms with E-state index in [1.165, 1.54) is 4.90 Å². The number of guanidine groups is 1. The number of aliphatic imine (C=N–C) groups is 1. The summed E-state index contributed by atoms with van der Waals surface area (Å²) in [6.45, 7) is 4.35. The van der Waals surface area contributed by atoms with Gasteiger partial charge in [0.25, 0.3) is 0 Å². The molecule has 0 saturated heterocycles. The van der Waals surface area contributed by atoms with Crippen molar-refractivity contribution in [2.75, 3.05) is 18.8 Å². The molecule has 0 radical (unpaired) electrons. The Balaban J connectivity index is 0.00000288. The molecule has 0 aliphatic carbocycles. The van der Waals surface area contributed by atoms with E-state index in [0.29, 0.717) is 6.54 Å². The Bertz CT molecular complexity index is 630. The predicted molar refractivity (Wildman–Crippen MR) is 114 cm³/mol. The third-order valence-electron chi connectivity index (χ3n) is 3.00. The van der Waals surface area contributed by atoms with E-state index in [4.69, 9.17) is 11.6 Å². The van der Waals surface area contributed by atoms with Gasteiger partial charge in [0.2, 0.25) is 0 Å². The lowest BCUT2D eigenvalue weighted by molar-refractivity contribution is 0.766. The second-order valence-corrected chi connectivity index (χ2v) is 6.55. The second kappa shape index (κ2) is 11.6.